The van der Waals surface area contributed by atoms with Crippen molar-refractivity contribution in [3.63, 3.8) is 0 Å². The molecule has 1 N–H and O–H groups in total. The number of carbonyl (C=O) groups is 1. The van der Waals surface area contributed by atoms with Crippen molar-refractivity contribution in [1.82, 2.24) is 20.1 Å². The van der Waals surface area contributed by atoms with E-state index in [1.54, 1.807) is 37.5 Å². The lowest BCUT2D eigenvalue weighted by molar-refractivity contribution is -0.124. The van der Waals surface area contributed by atoms with Crippen molar-refractivity contribution < 1.29 is 9.21 Å². The number of hydrogen-bond acceptors (Lipinski definition) is 5. The van der Waals surface area contributed by atoms with E-state index in [4.69, 9.17) is 4.42 Å². The van der Waals surface area contributed by atoms with E-state index in [0.29, 0.717) is 18.0 Å². The van der Waals surface area contributed by atoms with Crippen LogP contribution in [0.3, 0.4) is 0 Å². The molecular weight excluding hydrogens is 308 g/mol. The summed E-state index contributed by atoms with van der Waals surface area (Å²) < 4.78 is 6.43. The number of aromatic nitrogens is 3. The smallest absolute Gasteiger partial charge is 0.267 e. The van der Waals surface area contributed by atoms with E-state index in [0.717, 1.165) is 10.2 Å². The summed E-state index contributed by atoms with van der Waals surface area (Å²) in [7, 11) is 0. The Hall–Kier alpha value is -3.22. The standard InChI is InChI=1S/C17H16N4O3/c1-12(17(23)19-11-13-6-8-18-9-7-13)21-16(22)5-4-14(20-21)15-3-2-10-24-15/h2-10,12H,11H2,1H3,(H,19,23). The van der Waals surface area contributed by atoms with Crippen LogP contribution < -0.4 is 10.9 Å². The Kier molecular flexibility index (Phi) is 4.51. The highest BCUT2D eigenvalue weighted by Crippen LogP contribution is 2.16. The van der Waals surface area contributed by atoms with Gasteiger partial charge in [0.1, 0.15) is 11.7 Å². The van der Waals surface area contributed by atoms with Crippen molar-refractivity contribution in [3.8, 4) is 11.5 Å². The zero-order chi connectivity index (χ0) is 16.9. The van der Waals surface area contributed by atoms with E-state index in [9.17, 15) is 9.59 Å². The maximum absolute atomic E-state index is 12.3. The first-order valence-electron chi connectivity index (χ1n) is 7.45. The molecule has 0 aromatic carbocycles. The summed E-state index contributed by atoms with van der Waals surface area (Å²) in [4.78, 5) is 28.3. The fraction of sp³-hybridized carbons (Fsp3) is 0.176. The lowest BCUT2D eigenvalue weighted by Gasteiger charge is -2.14. The number of pyridine rings is 1. The molecular formula is C17H16N4O3. The first-order valence-corrected chi connectivity index (χ1v) is 7.45. The Morgan fingerprint density at radius 3 is 2.75 bits per heavy atom. The first kappa shape index (κ1) is 15.7. The van der Waals surface area contributed by atoms with E-state index in [1.165, 1.54) is 12.3 Å². The molecule has 0 fully saturated rings. The van der Waals surface area contributed by atoms with E-state index in [1.807, 2.05) is 12.1 Å². The molecule has 0 radical (unpaired) electrons. The summed E-state index contributed by atoms with van der Waals surface area (Å²) in [5.74, 6) is 0.242. The number of rotatable bonds is 5. The molecule has 1 unspecified atom stereocenters. The molecule has 3 heterocycles. The Morgan fingerprint density at radius 2 is 2.04 bits per heavy atom. The predicted octanol–water partition coefficient (Wildman–Crippen LogP) is 1.78. The molecule has 0 aliphatic heterocycles. The topological polar surface area (TPSA) is 90.0 Å². The summed E-state index contributed by atoms with van der Waals surface area (Å²) >= 11 is 0. The van der Waals surface area contributed by atoms with Crippen LogP contribution in [-0.2, 0) is 11.3 Å². The Balaban J connectivity index is 1.76. The molecule has 3 aromatic heterocycles. The van der Waals surface area contributed by atoms with Crippen LogP contribution in [0, 0.1) is 0 Å². The van der Waals surface area contributed by atoms with Gasteiger partial charge < -0.3 is 9.73 Å². The van der Waals surface area contributed by atoms with Gasteiger partial charge in [0.25, 0.3) is 5.56 Å². The lowest BCUT2D eigenvalue weighted by Crippen LogP contribution is -2.36. The third-order valence-corrected chi connectivity index (χ3v) is 3.56. The number of nitrogens with one attached hydrogen (secondary N) is 1. The Labute approximate surface area is 138 Å². The summed E-state index contributed by atoms with van der Waals surface area (Å²) in [6.45, 7) is 1.99. The summed E-state index contributed by atoms with van der Waals surface area (Å²) in [5.41, 5.74) is 1.07. The van der Waals surface area contributed by atoms with Crippen LogP contribution >= 0.6 is 0 Å². The molecule has 7 heteroatoms. The molecule has 0 aliphatic carbocycles. The van der Waals surface area contributed by atoms with Crippen molar-refractivity contribution in [2.75, 3.05) is 0 Å². The number of nitrogens with zero attached hydrogens (tertiary/aromatic N) is 3. The molecule has 0 spiro atoms. The fourth-order valence-corrected chi connectivity index (χ4v) is 2.21. The molecule has 0 bridgehead atoms. The average Bonchev–Trinajstić information content (AvgIpc) is 3.15. The van der Waals surface area contributed by atoms with Crippen LogP contribution in [0.15, 0.2) is 64.3 Å². The van der Waals surface area contributed by atoms with Gasteiger partial charge in [0.15, 0.2) is 5.76 Å². The predicted molar refractivity (Wildman–Crippen MR) is 87.0 cm³/mol. The third-order valence-electron chi connectivity index (χ3n) is 3.56. The summed E-state index contributed by atoms with van der Waals surface area (Å²) in [6.07, 6.45) is 4.84. The van der Waals surface area contributed by atoms with Gasteiger partial charge in [0.2, 0.25) is 5.91 Å². The Morgan fingerprint density at radius 1 is 1.25 bits per heavy atom. The molecule has 3 rings (SSSR count). The van der Waals surface area contributed by atoms with Crippen molar-refractivity contribution >= 4 is 5.91 Å². The van der Waals surface area contributed by atoms with Crippen molar-refractivity contribution in [3.05, 3.63) is 71.0 Å². The van der Waals surface area contributed by atoms with Gasteiger partial charge in [0, 0.05) is 25.0 Å². The monoisotopic (exact) mass is 324 g/mol. The van der Waals surface area contributed by atoms with Crippen LogP contribution in [0.1, 0.15) is 18.5 Å². The highest BCUT2D eigenvalue weighted by molar-refractivity contribution is 5.79. The minimum absolute atomic E-state index is 0.294. The highest BCUT2D eigenvalue weighted by atomic mass is 16.3. The minimum atomic E-state index is -0.741. The van der Waals surface area contributed by atoms with Crippen molar-refractivity contribution in [2.24, 2.45) is 0 Å². The van der Waals surface area contributed by atoms with Gasteiger partial charge in [0.05, 0.1) is 6.26 Å². The molecule has 0 saturated carbocycles. The maximum Gasteiger partial charge on any atom is 0.267 e. The minimum Gasteiger partial charge on any atom is -0.463 e. The van der Waals surface area contributed by atoms with Crippen LogP contribution in [0.4, 0.5) is 0 Å². The van der Waals surface area contributed by atoms with Crippen molar-refractivity contribution in [2.45, 2.75) is 19.5 Å². The van der Waals surface area contributed by atoms with E-state index < -0.39 is 6.04 Å². The van der Waals surface area contributed by atoms with Crippen LogP contribution in [0.2, 0.25) is 0 Å². The zero-order valence-electron chi connectivity index (χ0n) is 13.0. The molecule has 122 valence electrons. The number of carbonyl (C=O) groups excluding carboxylic acids is 1. The van der Waals surface area contributed by atoms with Gasteiger partial charge in [-0.2, -0.15) is 5.10 Å². The van der Waals surface area contributed by atoms with Gasteiger partial charge in [-0.3, -0.25) is 14.6 Å². The molecule has 1 atom stereocenters. The molecule has 24 heavy (non-hydrogen) atoms. The second-order valence-corrected chi connectivity index (χ2v) is 5.23. The fourth-order valence-electron chi connectivity index (χ4n) is 2.21. The van der Waals surface area contributed by atoms with Crippen LogP contribution in [0.5, 0.6) is 0 Å². The largest absolute Gasteiger partial charge is 0.463 e. The lowest BCUT2D eigenvalue weighted by atomic mass is 10.2. The highest BCUT2D eigenvalue weighted by Gasteiger charge is 2.18. The zero-order valence-corrected chi connectivity index (χ0v) is 13.0. The number of amides is 1. The molecule has 3 aromatic rings. The van der Waals surface area contributed by atoms with Crippen LogP contribution in [-0.4, -0.2) is 20.7 Å². The third kappa shape index (κ3) is 3.40. The van der Waals surface area contributed by atoms with Crippen LogP contribution in [0.25, 0.3) is 11.5 Å². The van der Waals surface area contributed by atoms with Crippen molar-refractivity contribution in [1.29, 1.82) is 0 Å². The maximum atomic E-state index is 12.3. The normalized spacial score (nSPS) is 11.9. The van der Waals surface area contributed by atoms with Gasteiger partial charge >= 0.3 is 0 Å². The van der Waals surface area contributed by atoms with E-state index in [2.05, 4.69) is 15.4 Å². The van der Waals surface area contributed by atoms with Gasteiger partial charge in [-0.15, -0.1) is 0 Å². The second kappa shape index (κ2) is 6.91. The summed E-state index contributed by atoms with van der Waals surface area (Å²) in [6, 6.07) is 9.30. The quantitative estimate of drug-likeness (QED) is 0.772. The van der Waals surface area contributed by atoms with E-state index >= 15 is 0 Å². The van der Waals surface area contributed by atoms with E-state index in [-0.39, 0.29) is 11.5 Å². The molecule has 0 saturated heterocycles. The van der Waals surface area contributed by atoms with Gasteiger partial charge in [-0.1, -0.05) is 0 Å². The molecule has 0 aliphatic rings. The number of hydrogen-bond donors (Lipinski definition) is 1. The number of furan rings is 1. The molecule has 7 nitrogen and oxygen atoms in total. The Bertz CT molecular complexity index is 872. The second-order valence-electron chi connectivity index (χ2n) is 5.23. The average molecular weight is 324 g/mol. The SMILES string of the molecule is CC(C(=O)NCc1ccncc1)n1nc(-c2ccco2)ccc1=O. The molecule has 1 amide bonds. The summed E-state index contributed by atoms with van der Waals surface area (Å²) in [5, 5.41) is 7.02. The first-order chi connectivity index (χ1) is 11.6. The van der Waals surface area contributed by atoms with Gasteiger partial charge in [-0.25, -0.2) is 4.68 Å². The van der Waals surface area contributed by atoms with Gasteiger partial charge in [-0.05, 0) is 42.8 Å².